The van der Waals surface area contributed by atoms with Crippen LogP contribution in [0, 0.1) is 32.8 Å². The Kier molecular flexibility index (Phi) is 9.76. The number of nitriles is 2. The lowest BCUT2D eigenvalue weighted by Gasteiger charge is -2.22. The van der Waals surface area contributed by atoms with Crippen molar-refractivity contribution in [2.24, 2.45) is 5.11 Å². The van der Waals surface area contributed by atoms with Crippen LogP contribution in [0.1, 0.15) is 28.8 Å². The van der Waals surface area contributed by atoms with E-state index < -0.39 is 16.7 Å². The van der Waals surface area contributed by atoms with Crippen molar-refractivity contribution < 1.29 is 14.5 Å². The zero-order valence-corrected chi connectivity index (χ0v) is 18.8. The average Bonchev–Trinajstić information content (AvgIpc) is 2.84. The number of halogens is 1. The second-order valence-electron chi connectivity index (χ2n) is 6.82. The lowest BCUT2D eigenvalue weighted by molar-refractivity contribution is -0.384. The van der Waals surface area contributed by atoms with Crippen molar-refractivity contribution in [1.82, 2.24) is 5.32 Å². The standard InChI is InChI=1S/C22H17ClN8O4/c23-19-8-7-17(31(34)35)14-18(19)21(32)27-20(22(33)28-29-26)13-15-3-5-16(6-4-15)30(11-1-9-24)12-2-10-25/h3-8,13-14H,1-2,11-12H2,(H,27,32)/b20-13+. The van der Waals surface area contributed by atoms with Crippen molar-refractivity contribution in [3.63, 3.8) is 0 Å². The Morgan fingerprint density at radius 3 is 2.34 bits per heavy atom. The SMILES string of the molecule is N#CCCN(CCC#N)c1ccc(/C=C(/NC(=O)c2cc([N+](=O)[O-])ccc2Cl)C(=O)N=[N+]=[N-])cc1. The minimum Gasteiger partial charge on any atom is -0.369 e. The van der Waals surface area contributed by atoms with E-state index in [2.05, 4.69) is 27.5 Å². The first-order valence-electron chi connectivity index (χ1n) is 9.96. The van der Waals surface area contributed by atoms with Crippen molar-refractivity contribution in [1.29, 1.82) is 10.5 Å². The van der Waals surface area contributed by atoms with Gasteiger partial charge in [-0.2, -0.15) is 10.5 Å². The third kappa shape index (κ3) is 7.58. The third-order valence-electron chi connectivity index (χ3n) is 4.58. The fourth-order valence-electron chi connectivity index (χ4n) is 2.92. The van der Waals surface area contributed by atoms with E-state index in [0.29, 0.717) is 18.7 Å². The van der Waals surface area contributed by atoms with Gasteiger partial charge in [-0.05, 0) is 40.5 Å². The molecular weight excluding hydrogens is 476 g/mol. The molecule has 35 heavy (non-hydrogen) atoms. The number of azide groups is 1. The van der Waals surface area contributed by atoms with Gasteiger partial charge in [-0.3, -0.25) is 19.7 Å². The van der Waals surface area contributed by atoms with Crippen LogP contribution in [0.15, 0.2) is 53.3 Å². The smallest absolute Gasteiger partial charge is 0.270 e. The second-order valence-corrected chi connectivity index (χ2v) is 7.23. The lowest BCUT2D eigenvalue weighted by atomic mass is 10.1. The van der Waals surface area contributed by atoms with Crippen LogP contribution in [0.3, 0.4) is 0 Å². The number of nitro benzene ring substituents is 1. The largest absolute Gasteiger partial charge is 0.369 e. The van der Waals surface area contributed by atoms with Gasteiger partial charge < -0.3 is 10.2 Å². The third-order valence-corrected chi connectivity index (χ3v) is 4.91. The van der Waals surface area contributed by atoms with Crippen LogP contribution in [0.4, 0.5) is 11.4 Å². The van der Waals surface area contributed by atoms with Gasteiger partial charge in [-0.25, -0.2) is 0 Å². The highest BCUT2D eigenvalue weighted by molar-refractivity contribution is 6.34. The number of hydrogen-bond acceptors (Lipinski definition) is 7. The van der Waals surface area contributed by atoms with Crippen LogP contribution in [-0.4, -0.2) is 29.8 Å². The molecule has 2 aromatic carbocycles. The molecule has 2 rings (SSSR count). The molecule has 0 saturated heterocycles. The zero-order chi connectivity index (χ0) is 25.8. The summed E-state index contributed by atoms with van der Waals surface area (Å²) < 4.78 is 0. The van der Waals surface area contributed by atoms with Gasteiger partial charge >= 0.3 is 0 Å². The van der Waals surface area contributed by atoms with Crippen molar-refractivity contribution in [3.8, 4) is 12.1 Å². The van der Waals surface area contributed by atoms with Gasteiger partial charge in [0.05, 0.1) is 46.2 Å². The number of amides is 2. The predicted octanol–water partition coefficient (Wildman–Crippen LogP) is 4.49. The molecule has 0 unspecified atom stereocenters. The van der Waals surface area contributed by atoms with Crippen molar-refractivity contribution in [2.45, 2.75) is 12.8 Å². The second kappa shape index (κ2) is 13.0. The molecule has 0 aromatic heterocycles. The predicted molar refractivity (Wildman–Crippen MR) is 127 cm³/mol. The summed E-state index contributed by atoms with van der Waals surface area (Å²) in [5.41, 5.74) is 8.82. The van der Waals surface area contributed by atoms with Gasteiger partial charge in [0.25, 0.3) is 17.5 Å². The molecule has 176 valence electrons. The summed E-state index contributed by atoms with van der Waals surface area (Å²) >= 11 is 5.98. The van der Waals surface area contributed by atoms with E-state index in [4.69, 9.17) is 27.7 Å². The Morgan fingerprint density at radius 1 is 1.17 bits per heavy atom. The minimum atomic E-state index is -1.09. The van der Waals surface area contributed by atoms with Gasteiger partial charge in [0.2, 0.25) is 0 Å². The molecule has 0 bridgehead atoms. The molecule has 0 aliphatic rings. The Bertz CT molecular complexity index is 1270. The molecular formula is C22H17ClN8O4. The van der Waals surface area contributed by atoms with E-state index in [-0.39, 0.29) is 34.8 Å². The molecule has 0 aliphatic carbocycles. The fraction of sp³-hybridized carbons (Fsp3) is 0.182. The van der Waals surface area contributed by atoms with Crippen LogP contribution in [0.2, 0.25) is 5.02 Å². The summed E-state index contributed by atoms with van der Waals surface area (Å²) in [4.78, 5) is 39.6. The van der Waals surface area contributed by atoms with Crippen molar-refractivity contribution in [2.75, 3.05) is 18.0 Å². The Hall–Kier alpha value is -4.90. The number of nitrogens with zero attached hydrogens (tertiary/aromatic N) is 7. The minimum absolute atomic E-state index is 0.0807. The monoisotopic (exact) mass is 492 g/mol. The molecule has 12 nitrogen and oxygen atoms in total. The molecule has 0 aliphatic heterocycles. The molecule has 0 saturated carbocycles. The summed E-state index contributed by atoms with van der Waals surface area (Å²) in [6.07, 6.45) is 1.80. The van der Waals surface area contributed by atoms with Gasteiger partial charge in [0.15, 0.2) is 0 Å². The molecule has 0 fully saturated rings. The van der Waals surface area contributed by atoms with E-state index >= 15 is 0 Å². The fourth-order valence-corrected chi connectivity index (χ4v) is 3.13. The number of benzene rings is 2. The maximum atomic E-state index is 12.7. The lowest BCUT2D eigenvalue weighted by Crippen LogP contribution is -2.27. The van der Waals surface area contributed by atoms with Gasteiger partial charge in [-0.15, -0.1) is 0 Å². The number of non-ortho nitro benzene ring substituents is 1. The highest BCUT2D eigenvalue weighted by Gasteiger charge is 2.19. The molecule has 0 heterocycles. The first-order valence-corrected chi connectivity index (χ1v) is 10.3. The molecule has 2 aromatic rings. The first kappa shape index (κ1) is 26.4. The van der Waals surface area contributed by atoms with Gasteiger partial charge in [-0.1, -0.05) is 23.7 Å². The molecule has 13 heteroatoms. The molecule has 2 amide bonds. The summed E-state index contributed by atoms with van der Waals surface area (Å²) in [7, 11) is 0. The molecule has 0 spiro atoms. The summed E-state index contributed by atoms with van der Waals surface area (Å²) in [5, 5.41) is 33.9. The quantitative estimate of drug-likeness (QED) is 0.126. The Morgan fingerprint density at radius 2 is 1.80 bits per heavy atom. The first-order chi connectivity index (χ1) is 16.8. The highest BCUT2D eigenvalue weighted by Crippen LogP contribution is 2.23. The van der Waals surface area contributed by atoms with Crippen LogP contribution >= 0.6 is 11.6 Å². The number of carbonyl (C=O) groups excluding carboxylic acids is 2. The van der Waals surface area contributed by atoms with E-state index in [9.17, 15) is 19.7 Å². The normalized spacial score (nSPS) is 10.3. The number of anilines is 1. The van der Waals surface area contributed by atoms with E-state index in [1.807, 2.05) is 4.90 Å². The van der Waals surface area contributed by atoms with Crippen LogP contribution in [-0.2, 0) is 4.79 Å². The Labute approximate surface area is 204 Å². The van der Waals surface area contributed by atoms with E-state index in [0.717, 1.165) is 17.8 Å². The van der Waals surface area contributed by atoms with Crippen molar-refractivity contribution >= 4 is 40.9 Å². The van der Waals surface area contributed by atoms with E-state index in [1.54, 1.807) is 24.3 Å². The number of nitrogens with one attached hydrogen (secondary N) is 1. The molecule has 0 radical (unpaired) electrons. The van der Waals surface area contributed by atoms with Crippen LogP contribution in [0.5, 0.6) is 0 Å². The van der Waals surface area contributed by atoms with E-state index in [1.165, 1.54) is 12.1 Å². The van der Waals surface area contributed by atoms with Crippen molar-refractivity contribution in [3.05, 3.63) is 84.9 Å². The summed E-state index contributed by atoms with van der Waals surface area (Å²) in [6.45, 7) is 0.849. The van der Waals surface area contributed by atoms with Crippen LogP contribution in [0.25, 0.3) is 16.5 Å². The topological polar surface area (TPSA) is 189 Å². The number of nitro groups is 1. The maximum Gasteiger partial charge on any atom is 0.270 e. The molecule has 1 N–H and O–H groups in total. The van der Waals surface area contributed by atoms with Crippen LogP contribution < -0.4 is 10.2 Å². The van der Waals surface area contributed by atoms with Gasteiger partial charge in [0, 0.05) is 35.8 Å². The van der Waals surface area contributed by atoms with Gasteiger partial charge in [0.1, 0.15) is 0 Å². The summed E-state index contributed by atoms with van der Waals surface area (Å²) in [5.74, 6) is -2.00. The summed E-state index contributed by atoms with van der Waals surface area (Å²) in [6, 6.07) is 14.0. The number of rotatable bonds is 10. The molecule has 0 atom stereocenters. The Balaban J connectivity index is 2.36. The maximum absolute atomic E-state index is 12.7. The highest BCUT2D eigenvalue weighted by atomic mass is 35.5. The number of hydrogen-bond donors (Lipinski definition) is 1. The zero-order valence-electron chi connectivity index (χ0n) is 18.1. The average molecular weight is 493 g/mol. The number of carbonyl (C=O) groups is 2.